The lowest BCUT2D eigenvalue weighted by Crippen LogP contribution is -1.95. The van der Waals surface area contributed by atoms with E-state index in [0.29, 0.717) is 0 Å². The lowest BCUT2D eigenvalue weighted by Gasteiger charge is -2.07. The predicted octanol–water partition coefficient (Wildman–Crippen LogP) is 3.74. The van der Waals surface area contributed by atoms with Crippen molar-refractivity contribution in [3.05, 3.63) is 72.8 Å². The quantitative estimate of drug-likeness (QED) is 0.601. The monoisotopic (exact) mass is 318 g/mol. The minimum atomic E-state index is 0.835. The number of aromatic amines is 1. The number of hydrogen-bond donors (Lipinski definition) is 2. The highest BCUT2D eigenvalue weighted by atomic mass is 15.3. The van der Waals surface area contributed by atoms with Gasteiger partial charge >= 0.3 is 0 Å². The van der Waals surface area contributed by atoms with Crippen molar-refractivity contribution in [1.82, 2.24) is 25.4 Å². The summed E-state index contributed by atoms with van der Waals surface area (Å²) in [4.78, 5) is 8.51. The van der Waals surface area contributed by atoms with E-state index in [-0.39, 0.29) is 0 Å². The summed E-state index contributed by atoms with van der Waals surface area (Å²) in [6, 6.07) is 18.0. The maximum Gasteiger partial charge on any atom is 0.141 e. The first kappa shape index (κ1) is 15.6. The van der Waals surface area contributed by atoms with E-state index in [9.17, 15) is 0 Å². The van der Waals surface area contributed by atoms with Crippen molar-refractivity contribution < 1.29 is 0 Å². The minimum Gasteiger partial charge on any atom is -0.340 e. The molecule has 0 unspecified atom stereocenters. The number of fused-ring (bicyclic) bond motifs is 1. The van der Waals surface area contributed by atoms with E-state index < -0.39 is 0 Å². The van der Waals surface area contributed by atoms with Crippen LogP contribution in [0.3, 0.4) is 0 Å². The first-order chi connectivity index (χ1) is 11.9. The molecule has 120 valence electrons. The topological polar surface area (TPSA) is 79.4 Å². The average molecular weight is 318 g/mol. The maximum atomic E-state index is 4.28. The van der Waals surface area contributed by atoms with Crippen molar-refractivity contribution >= 4 is 22.4 Å². The maximum absolute atomic E-state index is 4.28. The molecule has 4 aromatic rings. The molecule has 24 heavy (non-hydrogen) atoms. The molecule has 6 heteroatoms. The van der Waals surface area contributed by atoms with Crippen LogP contribution in [0.1, 0.15) is 12.6 Å². The summed E-state index contributed by atoms with van der Waals surface area (Å²) < 4.78 is 0. The zero-order valence-corrected chi connectivity index (χ0v) is 13.3. The van der Waals surface area contributed by atoms with Crippen molar-refractivity contribution in [1.29, 1.82) is 0 Å². The summed E-state index contributed by atoms with van der Waals surface area (Å²) in [6.07, 6.45) is 4.32. The van der Waals surface area contributed by atoms with E-state index in [1.165, 1.54) is 0 Å². The van der Waals surface area contributed by atoms with Crippen molar-refractivity contribution in [2.75, 3.05) is 5.32 Å². The zero-order chi connectivity index (χ0) is 16.6. The molecule has 0 radical (unpaired) electrons. The largest absolute Gasteiger partial charge is 0.340 e. The van der Waals surface area contributed by atoms with Gasteiger partial charge in [0.1, 0.15) is 12.1 Å². The molecule has 2 heterocycles. The van der Waals surface area contributed by atoms with Crippen LogP contribution in [-0.4, -0.2) is 25.4 Å². The van der Waals surface area contributed by atoms with Gasteiger partial charge in [0, 0.05) is 17.3 Å². The van der Waals surface area contributed by atoms with Crippen LogP contribution in [-0.2, 0) is 6.42 Å². The molecule has 0 amide bonds. The van der Waals surface area contributed by atoms with Gasteiger partial charge in [0.05, 0.1) is 11.2 Å². The van der Waals surface area contributed by atoms with Gasteiger partial charge in [-0.05, 0) is 30.7 Å². The molecule has 2 aromatic carbocycles. The average Bonchev–Trinajstić information content (AvgIpc) is 3.17. The fourth-order valence-electron chi connectivity index (χ4n) is 2.16. The molecular formula is C18H18N6. The van der Waals surface area contributed by atoms with Crippen LogP contribution in [0.15, 0.2) is 67.1 Å². The summed E-state index contributed by atoms with van der Waals surface area (Å²) in [5, 5.41) is 14.2. The van der Waals surface area contributed by atoms with Crippen molar-refractivity contribution in [2.24, 2.45) is 0 Å². The highest BCUT2D eigenvalue weighted by Crippen LogP contribution is 2.21. The van der Waals surface area contributed by atoms with Crippen LogP contribution in [0.5, 0.6) is 0 Å². The number of H-pyrrole nitrogens is 1. The molecule has 0 aliphatic rings. The summed E-state index contributed by atoms with van der Waals surface area (Å²) in [7, 11) is 0. The Morgan fingerprint density at radius 2 is 1.75 bits per heavy atom. The molecule has 6 nitrogen and oxygen atoms in total. The van der Waals surface area contributed by atoms with E-state index in [4.69, 9.17) is 0 Å². The Bertz CT molecular complexity index is 869. The molecule has 2 aromatic heterocycles. The fourth-order valence-corrected chi connectivity index (χ4v) is 2.16. The van der Waals surface area contributed by atoms with Gasteiger partial charge in [-0.15, -0.1) is 5.10 Å². The second-order valence-corrected chi connectivity index (χ2v) is 5.05. The number of anilines is 2. The number of aromatic nitrogens is 5. The standard InChI is InChI=1S/C14H11N3.C4H7N3/c1-2-6-11(7-3-1)17-14-12-8-4-5-9-13(12)15-10-16-14;1-2-4-3-5-7-6-4/h1-10H,(H,15,16,17);3H,2H2,1H3,(H,5,6,7). The molecule has 4 rings (SSSR count). The molecule has 0 fully saturated rings. The molecule has 0 aliphatic heterocycles. The van der Waals surface area contributed by atoms with Gasteiger partial charge in [0.2, 0.25) is 0 Å². The van der Waals surface area contributed by atoms with Crippen molar-refractivity contribution in [3.8, 4) is 0 Å². The summed E-state index contributed by atoms with van der Waals surface area (Å²) in [6.45, 7) is 2.04. The first-order valence-corrected chi connectivity index (χ1v) is 7.74. The molecule has 0 bridgehead atoms. The van der Waals surface area contributed by atoms with E-state index >= 15 is 0 Å². The molecule has 0 aliphatic carbocycles. The summed E-state index contributed by atoms with van der Waals surface area (Å²) in [5.41, 5.74) is 2.98. The Morgan fingerprint density at radius 1 is 0.958 bits per heavy atom. The third kappa shape index (κ3) is 3.92. The van der Waals surface area contributed by atoms with Crippen LogP contribution in [0.4, 0.5) is 11.5 Å². The molecule has 0 atom stereocenters. The lowest BCUT2D eigenvalue weighted by atomic mass is 10.2. The highest BCUT2D eigenvalue weighted by molar-refractivity contribution is 5.90. The second kappa shape index (κ2) is 7.82. The Kier molecular flexibility index (Phi) is 5.09. The Labute approximate surface area is 140 Å². The number of para-hydroxylation sites is 2. The first-order valence-electron chi connectivity index (χ1n) is 7.74. The SMILES string of the molecule is CCc1c[nH]nn1.c1ccc(Nc2ncnc3ccccc23)cc1. The number of hydrogen-bond acceptors (Lipinski definition) is 5. The minimum absolute atomic E-state index is 0.835. The van der Waals surface area contributed by atoms with Crippen LogP contribution in [0, 0.1) is 0 Å². The van der Waals surface area contributed by atoms with E-state index in [2.05, 4.69) is 30.7 Å². The van der Waals surface area contributed by atoms with Gasteiger partial charge < -0.3 is 5.32 Å². The molecule has 0 spiro atoms. The van der Waals surface area contributed by atoms with E-state index in [0.717, 1.165) is 34.5 Å². The van der Waals surface area contributed by atoms with Crippen LogP contribution in [0.2, 0.25) is 0 Å². The zero-order valence-electron chi connectivity index (χ0n) is 13.3. The number of rotatable bonds is 3. The van der Waals surface area contributed by atoms with E-state index in [1.807, 2.05) is 61.5 Å². The second-order valence-electron chi connectivity index (χ2n) is 5.05. The third-order valence-electron chi connectivity index (χ3n) is 3.41. The van der Waals surface area contributed by atoms with Crippen LogP contribution in [0.25, 0.3) is 10.9 Å². The molecular weight excluding hydrogens is 300 g/mol. The fraction of sp³-hybridized carbons (Fsp3) is 0.111. The van der Waals surface area contributed by atoms with Gasteiger partial charge in [-0.1, -0.05) is 42.5 Å². The van der Waals surface area contributed by atoms with Gasteiger partial charge in [0.15, 0.2) is 0 Å². The molecule has 0 saturated carbocycles. The number of nitrogens with one attached hydrogen (secondary N) is 2. The number of benzene rings is 2. The molecule has 0 saturated heterocycles. The van der Waals surface area contributed by atoms with Gasteiger partial charge in [0.25, 0.3) is 0 Å². The van der Waals surface area contributed by atoms with Gasteiger partial charge in [-0.2, -0.15) is 0 Å². The Morgan fingerprint density at radius 3 is 2.46 bits per heavy atom. The highest BCUT2D eigenvalue weighted by Gasteiger charge is 2.02. The Balaban J connectivity index is 0.000000203. The summed E-state index contributed by atoms with van der Waals surface area (Å²) >= 11 is 0. The van der Waals surface area contributed by atoms with Gasteiger partial charge in [-0.3, -0.25) is 5.10 Å². The van der Waals surface area contributed by atoms with Gasteiger partial charge in [-0.25, -0.2) is 9.97 Å². The number of aryl methyl sites for hydroxylation is 1. The van der Waals surface area contributed by atoms with Crippen molar-refractivity contribution in [2.45, 2.75) is 13.3 Å². The van der Waals surface area contributed by atoms with Crippen molar-refractivity contribution in [3.63, 3.8) is 0 Å². The number of nitrogens with zero attached hydrogens (tertiary/aromatic N) is 4. The summed E-state index contributed by atoms with van der Waals surface area (Å²) in [5.74, 6) is 0.835. The normalized spacial score (nSPS) is 10.0. The van der Waals surface area contributed by atoms with Crippen LogP contribution < -0.4 is 5.32 Å². The third-order valence-corrected chi connectivity index (χ3v) is 3.41. The predicted molar refractivity (Wildman–Crippen MR) is 95.0 cm³/mol. The van der Waals surface area contributed by atoms with Crippen LogP contribution >= 0.6 is 0 Å². The Hall–Kier alpha value is -3.28. The lowest BCUT2D eigenvalue weighted by molar-refractivity contribution is 0.908. The van der Waals surface area contributed by atoms with E-state index in [1.54, 1.807) is 12.5 Å². The smallest absolute Gasteiger partial charge is 0.141 e. The molecule has 2 N–H and O–H groups in total.